The molecule has 0 saturated heterocycles. The maximum absolute atomic E-state index is 4.49. The Bertz CT molecular complexity index is 800. The second-order valence-corrected chi connectivity index (χ2v) is 5.98. The Hall–Kier alpha value is -2.28. The number of rotatable bonds is 5. The first-order chi connectivity index (χ1) is 11.2. The van der Waals surface area contributed by atoms with E-state index >= 15 is 0 Å². The molecule has 3 aromatic rings. The first-order valence-corrected chi connectivity index (χ1v) is 8.39. The number of hydrogen-bond acceptors (Lipinski definition) is 6. The van der Waals surface area contributed by atoms with E-state index < -0.39 is 0 Å². The predicted molar refractivity (Wildman–Crippen MR) is 89.2 cm³/mol. The van der Waals surface area contributed by atoms with Gasteiger partial charge in [0.2, 0.25) is 0 Å². The molecule has 0 aliphatic heterocycles. The molecule has 0 bridgehead atoms. The molecular weight excluding hydrogens is 308 g/mol. The van der Waals surface area contributed by atoms with Gasteiger partial charge < -0.3 is 4.57 Å². The van der Waals surface area contributed by atoms with Crippen molar-refractivity contribution < 1.29 is 0 Å². The summed E-state index contributed by atoms with van der Waals surface area (Å²) in [5, 5.41) is 10.4. The average molecular weight is 326 g/mol. The van der Waals surface area contributed by atoms with E-state index in [1.807, 2.05) is 25.1 Å². The van der Waals surface area contributed by atoms with Crippen LogP contribution in [-0.2, 0) is 13.0 Å². The summed E-state index contributed by atoms with van der Waals surface area (Å²) in [4.78, 5) is 13.1. The van der Waals surface area contributed by atoms with Gasteiger partial charge in [-0.15, -0.1) is 10.2 Å². The van der Waals surface area contributed by atoms with Crippen LogP contribution < -0.4 is 0 Å². The highest BCUT2D eigenvalue weighted by Gasteiger charge is 2.15. The molecule has 0 aliphatic carbocycles. The van der Waals surface area contributed by atoms with Crippen LogP contribution in [0.5, 0.6) is 0 Å². The summed E-state index contributed by atoms with van der Waals surface area (Å²) in [7, 11) is 0. The maximum atomic E-state index is 4.49. The summed E-state index contributed by atoms with van der Waals surface area (Å²) in [6.07, 6.45) is 4.44. The van der Waals surface area contributed by atoms with E-state index in [2.05, 4.69) is 43.6 Å². The number of hydrogen-bond donors (Lipinski definition) is 0. The van der Waals surface area contributed by atoms with Gasteiger partial charge in [-0.05, 0) is 50.2 Å². The normalized spacial score (nSPS) is 10.9. The minimum atomic E-state index is 0.780. The van der Waals surface area contributed by atoms with Gasteiger partial charge >= 0.3 is 0 Å². The highest BCUT2D eigenvalue weighted by molar-refractivity contribution is 7.99. The molecule has 118 valence electrons. The Balaban J connectivity index is 1.95. The van der Waals surface area contributed by atoms with Gasteiger partial charge in [-0.1, -0.05) is 6.92 Å². The fourth-order valence-electron chi connectivity index (χ4n) is 2.28. The summed E-state index contributed by atoms with van der Waals surface area (Å²) >= 11 is 1.52. The molecule has 0 spiro atoms. The summed E-state index contributed by atoms with van der Waals surface area (Å²) in [6, 6.07) is 5.90. The van der Waals surface area contributed by atoms with Crippen LogP contribution in [0.2, 0.25) is 0 Å². The molecule has 0 amide bonds. The lowest BCUT2D eigenvalue weighted by molar-refractivity contribution is 0.686. The molecule has 3 aromatic heterocycles. The summed E-state index contributed by atoms with van der Waals surface area (Å²) < 4.78 is 2.07. The smallest absolute Gasteiger partial charge is 0.197 e. The zero-order chi connectivity index (χ0) is 16.2. The van der Waals surface area contributed by atoms with E-state index in [1.165, 1.54) is 11.8 Å². The second-order valence-electron chi connectivity index (χ2n) is 4.99. The highest BCUT2D eigenvalue weighted by atomic mass is 32.2. The van der Waals surface area contributed by atoms with Crippen LogP contribution in [0.4, 0.5) is 0 Å². The van der Waals surface area contributed by atoms with Crippen LogP contribution in [0.15, 0.2) is 40.8 Å². The average Bonchev–Trinajstić information content (AvgIpc) is 2.97. The quantitative estimate of drug-likeness (QED) is 0.671. The van der Waals surface area contributed by atoms with Crippen LogP contribution in [0.1, 0.15) is 25.4 Å². The second kappa shape index (κ2) is 6.87. The van der Waals surface area contributed by atoms with E-state index in [9.17, 15) is 0 Å². The zero-order valence-electron chi connectivity index (χ0n) is 13.4. The maximum Gasteiger partial charge on any atom is 0.197 e. The fraction of sp³-hybridized carbons (Fsp3) is 0.312. The largest absolute Gasteiger partial charge is 0.302 e. The molecule has 3 heterocycles. The lowest BCUT2D eigenvalue weighted by Crippen LogP contribution is -2.01. The molecule has 0 aromatic carbocycles. The molecule has 0 fully saturated rings. The third-order valence-electron chi connectivity index (χ3n) is 3.38. The third-order valence-corrected chi connectivity index (χ3v) is 4.28. The summed E-state index contributed by atoms with van der Waals surface area (Å²) in [5.74, 6) is 1.60. The number of aryl methyl sites for hydroxylation is 2. The minimum Gasteiger partial charge on any atom is -0.302 e. The lowest BCUT2D eigenvalue weighted by atomic mass is 10.3. The van der Waals surface area contributed by atoms with Crippen molar-refractivity contribution in [2.45, 2.75) is 43.9 Å². The molecule has 0 aliphatic rings. The van der Waals surface area contributed by atoms with E-state index in [0.717, 1.165) is 46.1 Å². The van der Waals surface area contributed by atoms with Crippen molar-refractivity contribution in [3.63, 3.8) is 0 Å². The van der Waals surface area contributed by atoms with Gasteiger partial charge in [-0.25, -0.2) is 9.97 Å². The van der Waals surface area contributed by atoms with Crippen LogP contribution in [-0.4, -0.2) is 29.7 Å². The Morgan fingerprint density at radius 3 is 2.74 bits per heavy atom. The molecular formula is C16H18N6S. The molecule has 3 rings (SSSR count). The van der Waals surface area contributed by atoms with E-state index in [-0.39, 0.29) is 0 Å². The summed E-state index contributed by atoms with van der Waals surface area (Å²) in [5.41, 5.74) is 2.00. The Labute approximate surface area is 139 Å². The van der Waals surface area contributed by atoms with E-state index in [1.54, 1.807) is 12.4 Å². The molecule has 6 nitrogen and oxygen atoms in total. The number of nitrogens with zero attached hydrogens (tertiary/aromatic N) is 6. The molecule has 0 unspecified atom stereocenters. The molecule has 7 heteroatoms. The van der Waals surface area contributed by atoms with E-state index in [4.69, 9.17) is 0 Å². The Morgan fingerprint density at radius 2 is 2.04 bits per heavy atom. The summed E-state index contributed by atoms with van der Waals surface area (Å²) in [6.45, 7) is 6.86. The van der Waals surface area contributed by atoms with Crippen LogP contribution in [0.25, 0.3) is 11.4 Å². The van der Waals surface area contributed by atoms with Crippen molar-refractivity contribution in [2.75, 3.05) is 0 Å². The van der Waals surface area contributed by atoms with Crippen molar-refractivity contribution in [2.24, 2.45) is 0 Å². The van der Waals surface area contributed by atoms with Gasteiger partial charge in [-0.3, -0.25) is 4.98 Å². The van der Waals surface area contributed by atoms with Crippen molar-refractivity contribution in [1.82, 2.24) is 29.7 Å². The van der Waals surface area contributed by atoms with Crippen molar-refractivity contribution in [3.8, 4) is 11.4 Å². The van der Waals surface area contributed by atoms with Gasteiger partial charge in [0.25, 0.3) is 0 Å². The van der Waals surface area contributed by atoms with Gasteiger partial charge in [0, 0.05) is 30.2 Å². The van der Waals surface area contributed by atoms with Crippen LogP contribution >= 0.6 is 11.8 Å². The monoisotopic (exact) mass is 326 g/mol. The van der Waals surface area contributed by atoms with Gasteiger partial charge in [-0.2, -0.15) is 0 Å². The zero-order valence-corrected chi connectivity index (χ0v) is 14.2. The van der Waals surface area contributed by atoms with Gasteiger partial charge in [0.1, 0.15) is 10.9 Å². The predicted octanol–water partition coefficient (Wildman–Crippen LogP) is 3.17. The number of pyridine rings is 1. The Kier molecular flexibility index (Phi) is 4.66. The Morgan fingerprint density at radius 1 is 1.17 bits per heavy atom. The first-order valence-electron chi connectivity index (χ1n) is 7.57. The molecule has 23 heavy (non-hydrogen) atoms. The van der Waals surface area contributed by atoms with Crippen molar-refractivity contribution in [1.29, 1.82) is 0 Å². The van der Waals surface area contributed by atoms with Crippen molar-refractivity contribution >= 4 is 11.8 Å². The molecule has 0 N–H and O–H groups in total. The third kappa shape index (κ3) is 3.39. The molecule has 0 radical (unpaired) electrons. The highest BCUT2D eigenvalue weighted by Crippen LogP contribution is 2.28. The lowest BCUT2D eigenvalue weighted by Gasteiger charge is -2.07. The first kappa shape index (κ1) is 15.6. The fourth-order valence-corrected chi connectivity index (χ4v) is 3.25. The van der Waals surface area contributed by atoms with Crippen LogP contribution in [0, 0.1) is 6.92 Å². The minimum absolute atomic E-state index is 0.780. The topological polar surface area (TPSA) is 69.4 Å². The van der Waals surface area contributed by atoms with Crippen LogP contribution in [0.3, 0.4) is 0 Å². The standard InChI is InChI=1S/C16H18N6S/c1-4-13-9-14(19-11(3)18-13)23-16-21-20-15(22(16)5-2)12-7-6-8-17-10-12/h6-10H,4-5H2,1-3H3. The van der Waals surface area contributed by atoms with Gasteiger partial charge in [0.15, 0.2) is 11.0 Å². The van der Waals surface area contributed by atoms with Crippen molar-refractivity contribution in [3.05, 3.63) is 42.1 Å². The SMILES string of the molecule is CCc1cc(Sc2nnc(-c3cccnc3)n2CC)nc(C)n1. The molecule has 0 saturated carbocycles. The van der Waals surface area contributed by atoms with E-state index in [0.29, 0.717) is 0 Å². The van der Waals surface area contributed by atoms with Gasteiger partial charge in [0.05, 0.1) is 0 Å². The number of aromatic nitrogens is 6. The molecule has 0 atom stereocenters.